The highest BCUT2D eigenvalue weighted by molar-refractivity contribution is 7.19. The van der Waals surface area contributed by atoms with Crippen molar-refractivity contribution < 1.29 is 4.42 Å². The van der Waals surface area contributed by atoms with E-state index in [0.717, 1.165) is 54.2 Å². The van der Waals surface area contributed by atoms with Gasteiger partial charge in [-0.25, -0.2) is 14.8 Å². The van der Waals surface area contributed by atoms with Crippen LogP contribution in [-0.2, 0) is 14.1 Å². The number of rotatable bonds is 2. The molecule has 0 unspecified atom stereocenters. The Balaban J connectivity index is 1.76. The Kier molecular flexibility index (Phi) is 5.04. The lowest BCUT2D eigenvalue weighted by Crippen LogP contribution is -2.21. The number of hydrogen-bond acceptors (Lipinski definition) is 5. The number of benzene rings is 2. The Bertz CT molecular complexity index is 2090. The van der Waals surface area contributed by atoms with E-state index in [9.17, 15) is 5.26 Å². The molecule has 6 aromatic rings. The number of nitrogens with zero attached hydrogens (tertiary/aromatic N) is 6. The molecule has 0 saturated carbocycles. The van der Waals surface area contributed by atoms with Gasteiger partial charge in [0.25, 0.3) is 5.70 Å². The zero-order chi connectivity index (χ0) is 26.0. The van der Waals surface area contributed by atoms with Gasteiger partial charge < -0.3 is 13.6 Å². The summed E-state index contributed by atoms with van der Waals surface area (Å²) in [5, 5.41) is 14.4. The molecule has 0 aliphatic rings. The van der Waals surface area contributed by atoms with Crippen molar-refractivity contribution in [2.45, 2.75) is 20.8 Å². The Morgan fingerprint density at radius 3 is 2.38 bits per heavy atom. The van der Waals surface area contributed by atoms with Gasteiger partial charge in [0.15, 0.2) is 5.58 Å². The monoisotopic (exact) mass is 502 g/mol. The smallest absolute Gasteiger partial charge is 0.271 e. The molecule has 8 heteroatoms. The zero-order valence-corrected chi connectivity index (χ0v) is 21.9. The number of nitriles is 1. The van der Waals surface area contributed by atoms with Crippen LogP contribution in [0.3, 0.4) is 0 Å². The Labute approximate surface area is 216 Å². The van der Waals surface area contributed by atoms with Gasteiger partial charge in [0.2, 0.25) is 5.89 Å². The van der Waals surface area contributed by atoms with E-state index in [2.05, 4.69) is 15.9 Å². The van der Waals surface area contributed by atoms with Crippen molar-refractivity contribution in [2.24, 2.45) is 14.1 Å². The van der Waals surface area contributed by atoms with E-state index in [1.807, 2.05) is 86.5 Å². The number of thiazole rings is 1. The summed E-state index contributed by atoms with van der Waals surface area (Å²) in [6.45, 7) is 14.1. The van der Waals surface area contributed by atoms with Crippen LogP contribution in [0.25, 0.3) is 48.2 Å². The van der Waals surface area contributed by atoms with Crippen LogP contribution in [0.2, 0.25) is 0 Å². The second-order valence-corrected chi connectivity index (χ2v) is 10.2. The molecule has 4 heterocycles. The van der Waals surface area contributed by atoms with Crippen LogP contribution in [-0.4, -0.2) is 19.1 Å². The fourth-order valence-electron chi connectivity index (χ4n) is 5.04. The van der Waals surface area contributed by atoms with Crippen molar-refractivity contribution in [1.82, 2.24) is 19.1 Å². The Morgan fingerprint density at radius 2 is 1.68 bits per heavy atom. The largest absolute Gasteiger partial charge is 0.447 e. The maximum atomic E-state index is 10.3. The first-order chi connectivity index (χ1) is 17.8. The van der Waals surface area contributed by atoms with Gasteiger partial charge >= 0.3 is 0 Å². The SMILES string of the molecule is [C-]#[N+]/C(c1nc2cc(C)ccc2o1)=c1\c2c(C)n(C)/c(=C(/C#N)c3nc4ccccc4s3)c2c(C)n1C. The molecule has 0 radical (unpaired) electrons. The molecule has 180 valence electrons. The summed E-state index contributed by atoms with van der Waals surface area (Å²) in [7, 11) is 3.90. The van der Waals surface area contributed by atoms with Gasteiger partial charge in [-0.05, 0) is 50.6 Å². The molecule has 0 spiro atoms. The normalized spacial score (nSPS) is 13.3. The van der Waals surface area contributed by atoms with Gasteiger partial charge in [-0.15, -0.1) is 11.3 Å². The first-order valence-corrected chi connectivity index (χ1v) is 12.6. The molecule has 7 nitrogen and oxygen atoms in total. The number of oxazole rings is 1. The van der Waals surface area contributed by atoms with E-state index in [4.69, 9.17) is 16.0 Å². The fourth-order valence-corrected chi connectivity index (χ4v) is 6.00. The summed E-state index contributed by atoms with van der Waals surface area (Å²) < 4.78 is 11.1. The molecule has 4 aromatic heterocycles. The molecule has 0 bridgehead atoms. The average Bonchev–Trinajstić information content (AvgIpc) is 3.62. The van der Waals surface area contributed by atoms with Crippen molar-refractivity contribution in [2.75, 3.05) is 0 Å². The Morgan fingerprint density at radius 1 is 0.973 bits per heavy atom. The van der Waals surface area contributed by atoms with Crippen LogP contribution >= 0.6 is 11.3 Å². The molecule has 6 rings (SSSR count). The van der Waals surface area contributed by atoms with Gasteiger partial charge in [0, 0.05) is 36.3 Å². The lowest BCUT2D eigenvalue weighted by Gasteiger charge is -2.04. The minimum atomic E-state index is 0.290. The van der Waals surface area contributed by atoms with Crippen molar-refractivity contribution in [3.8, 4) is 6.07 Å². The van der Waals surface area contributed by atoms with Crippen LogP contribution in [0.1, 0.15) is 27.8 Å². The maximum Gasteiger partial charge on any atom is 0.271 e. The quantitative estimate of drug-likeness (QED) is 0.313. The zero-order valence-electron chi connectivity index (χ0n) is 21.0. The summed E-state index contributed by atoms with van der Waals surface area (Å²) in [5.74, 6) is 0.290. The number of para-hydroxylation sites is 1. The van der Waals surface area contributed by atoms with Crippen molar-refractivity contribution in [3.05, 3.63) is 92.4 Å². The molecule has 0 aliphatic carbocycles. The molecule has 0 amide bonds. The van der Waals surface area contributed by atoms with E-state index < -0.39 is 0 Å². The molecule has 0 atom stereocenters. The standard InChI is InChI=1S/C29H22N6OS/c1-15-11-12-21-20(13-15)32-28(36-21)25(31-4)27-24-17(3)34(5)26(23(24)16(2)35(27)6)18(14-30)29-33-19-9-7-8-10-22(19)37-29/h7-13H,1-3,5-6H3/b26-18-,27-25+. The van der Waals surface area contributed by atoms with E-state index in [-0.39, 0.29) is 0 Å². The maximum absolute atomic E-state index is 10.3. The Hall–Kier alpha value is -4.66. The topological polar surface area (TPSA) is 76.9 Å². The molecule has 37 heavy (non-hydrogen) atoms. The van der Waals surface area contributed by atoms with Gasteiger partial charge in [-0.3, -0.25) is 0 Å². The van der Waals surface area contributed by atoms with Crippen LogP contribution in [0, 0.1) is 38.7 Å². The molecule has 0 saturated heterocycles. The van der Waals surface area contributed by atoms with E-state index >= 15 is 0 Å². The van der Waals surface area contributed by atoms with Crippen molar-refractivity contribution in [1.29, 1.82) is 5.26 Å². The van der Waals surface area contributed by atoms with E-state index in [1.165, 1.54) is 11.3 Å². The van der Waals surface area contributed by atoms with Gasteiger partial charge in [0.05, 0.1) is 27.5 Å². The van der Waals surface area contributed by atoms with Gasteiger partial charge in [-0.1, -0.05) is 18.2 Å². The number of aryl methyl sites for hydroxylation is 3. The molecule has 2 aromatic carbocycles. The molecular weight excluding hydrogens is 480 g/mol. The van der Waals surface area contributed by atoms with Crippen LogP contribution in [0.4, 0.5) is 0 Å². The van der Waals surface area contributed by atoms with Gasteiger partial charge in [0.1, 0.15) is 22.2 Å². The third-order valence-corrected chi connectivity index (χ3v) is 8.12. The lowest BCUT2D eigenvalue weighted by atomic mass is 10.1. The van der Waals surface area contributed by atoms with Crippen LogP contribution in [0.15, 0.2) is 46.9 Å². The highest BCUT2D eigenvalue weighted by Gasteiger charge is 2.24. The lowest BCUT2D eigenvalue weighted by molar-refractivity contribution is 0.584. The first-order valence-electron chi connectivity index (χ1n) is 11.7. The predicted octanol–water partition coefficient (Wildman–Crippen LogP) is 4.99. The second-order valence-electron chi connectivity index (χ2n) is 9.16. The van der Waals surface area contributed by atoms with E-state index in [0.29, 0.717) is 27.8 Å². The third-order valence-electron chi connectivity index (χ3n) is 7.06. The number of hydrogen-bond donors (Lipinski definition) is 0. The number of fused-ring (bicyclic) bond motifs is 3. The summed E-state index contributed by atoms with van der Waals surface area (Å²) >= 11 is 1.51. The van der Waals surface area contributed by atoms with Gasteiger partial charge in [-0.2, -0.15) is 5.26 Å². The third kappa shape index (κ3) is 3.23. The first kappa shape index (κ1) is 22.8. The number of aromatic nitrogens is 4. The predicted molar refractivity (Wildman–Crippen MR) is 146 cm³/mol. The van der Waals surface area contributed by atoms with E-state index in [1.54, 1.807) is 0 Å². The summed E-state index contributed by atoms with van der Waals surface area (Å²) in [4.78, 5) is 13.3. The highest BCUT2D eigenvalue weighted by Crippen LogP contribution is 2.28. The average molecular weight is 503 g/mol. The summed E-state index contributed by atoms with van der Waals surface area (Å²) in [5.41, 5.74) is 6.07. The molecule has 0 N–H and O–H groups in total. The second kappa shape index (κ2) is 8.19. The molecule has 0 fully saturated rings. The molecule has 0 aliphatic heterocycles. The highest BCUT2D eigenvalue weighted by atomic mass is 32.1. The van der Waals surface area contributed by atoms with Crippen molar-refractivity contribution >= 4 is 54.7 Å². The van der Waals surface area contributed by atoms with Crippen LogP contribution < -0.4 is 10.7 Å². The minimum absolute atomic E-state index is 0.290. The summed E-state index contributed by atoms with van der Waals surface area (Å²) in [6.07, 6.45) is 0. The minimum Gasteiger partial charge on any atom is -0.447 e. The van der Waals surface area contributed by atoms with Crippen molar-refractivity contribution in [3.63, 3.8) is 0 Å². The fraction of sp³-hybridized carbons (Fsp3) is 0.172. The molecular formula is C29H22N6OS. The summed E-state index contributed by atoms with van der Waals surface area (Å²) in [6, 6.07) is 16.1. The van der Waals surface area contributed by atoms with Crippen LogP contribution in [0.5, 0.6) is 0 Å².